The molecule has 1 aliphatic rings. The summed E-state index contributed by atoms with van der Waals surface area (Å²) >= 11 is 0. The van der Waals surface area contributed by atoms with E-state index in [1.165, 1.54) is 6.42 Å². The van der Waals surface area contributed by atoms with E-state index in [9.17, 15) is 0 Å². The zero-order valence-electron chi connectivity index (χ0n) is 5.93. The molecule has 2 N–H and O–H groups in total. The lowest BCUT2D eigenvalue weighted by atomic mass is 10.2. The molecule has 9 heavy (non-hydrogen) atoms. The summed E-state index contributed by atoms with van der Waals surface area (Å²) in [6, 6.07) is 0. The third kappa shape index (κ3) is 1.37. The number of likely N-dealkylation sites (tertiary alicyclic amines) is 1. The Kier molecular flexibility index (Phi) is 1.65. The van der Waals surface area contributed by atoms with Gasteiger partial charge in [0.2, 0.25) is 0 Å². The van der Waals surface area contributed by atoms with E-state index >= 15 is 0 Å². The van der Waals surface area contributed by atoms with E-state index < -0.39 is 0 Å². The zero-order valence-corrected chi connectivity index (χ0v) is 5.93. The standard InChI is InChI=1S/C7H14N2/c1-6-3-4-9(5-6)7(2)8/h6H,2-5,8H2,1H3. The Labute approximate surface area is 56.3 Å². The molecule has 1 fully saturated rings. The van der Waals surface area contributed by atoms with E-state index in [1.807, 2.05) is 0 Å². The number of nitrogens with zero attached hydrogens (tertiary/aromatic N) is 1. The molecule has 0 amide bonds. The Balaban J connectivity index is 2.39. The van der Waals surface area contributed by atoms with Crippen LogP contribution in [0.15, 0.2) is 12.4 Å². The lowest BCUT2D eigenvalue weighted by molar-refractivity contribution is 0.408. The summed E-state index contributed by atoms with van der Waals surface area (Å²) in [5, 5.41) is 0. The second-order valence-electron chi connectivity index (χ2n) is 2.83. The zero-order chi connectivity index (χ0) is 6.85. The summed E-state index contributed by atoms with van der Waals surface area (Å²) in [6.07, 6.45) is 1.26. The van der Waals surface area contributed by atoms with Crippen molar-refractivity contribution < 1.29 is 0 Å². The van der Waals surface area contributed by atoms with Crippen LogP contribution in [0.4, 0.5) is 0 Å². The van der Waals surface area contributed by atoms with Crippen LogP contribution in [0.5, 0.6) is 0 Å². The van der Waals surface area contributed by atoms with Crippen molar-refractivity contribution in [1.82, 2.24) is 4.90 Å². The molecule has 1 unspecified atom stereocenters. The van der Waals surface area contributed by atoms with Gasteiger partial charge in [0.15, 0.2) is 0 Å². The minimum atomic E-state index is 0.722. The van der Waals surface area contributed by atoms with Crippen molar-refractivity contribution in [1.29, 1.82) is 0 Å². The fourth-order valence-corrected chi connectivity index (χ4v) is 1.20. The average molecular weight is 126 g/mol. The molecule has 0 radical (unpaired) electrons. The van der Waals surface area contributed by atoms with Crippen LogP contribution in [-0.2, 0) is 0 Å². The molecule has 0 bridgehead atoms. The predicted octanol–water partition coefficient (Wildman–Crippen LogP) is 0.758. The molecule has 1 heterocycles. The molecule has 1 rings (SSSR count). The molecule has 2 nitrogen and oxygen atoms in total. The van der Waals surface area contributed by atoms with Crippen LogP contribution in [0.2, 0.25) is 0 Å². The molecule has 0 aromatic carbocycles. The van der Waals surface area contributed by atoms with Gasteiger partial charge in [-0.1, -0.05) is 13.5 Å². The Hall–Kier alpha value is -0.660. The van der Waals surface area contributed by atoms with Crippen LogP contribution in [0.25, 0.3) is 0 Å². The van der Waals surface area contributed by atoms with Gasteiger partial charge in [-0.2, -0.15) is 0 Å². The normalized spacial score (nSPS) is 26.8. The molecule has 0 saturated carbocycles. The minimum Gasteiger partial charge on any atom is -0.386 e. The Bertz CT molecular complexity index is 120. The maximum absolute atomic E-state index is 5.49. The van der Waals surface area contributed by atoms with Gasteiger partial charge >= 0.3 is 0 Å². The summed E-state index contributed by atoms with van der Waals surface area (Å²) in [6.45, 7) is 8.10. The SMILES string of the molecule is C=C(N)N1CCC(C)C1. The fraction of sp³-hybridized carbons (Fsp3) is 0.714. The van der Waals surface area contributed by atoms with Crippen molar-refractivity contribution in [3.05, 3.63) is 12.4 Å². The molecule has 0 spiro atoms. The Morgan fingerprint density at radius 2 is 2.44 bits per heavy atom. The van der Waals surface area contributed by atoms with Crippen molar-refractivity contribution >= 4 is 0 Å². The lowest BCUT2D eigenvalue weighted by Crippen LogP contribution is -2.23. The van der Waals surface area contributed by atoms with Gasteiger partial charge in [-0.3, -0.25) is 0 Å². The fourth-order valence-electron chi connectivity index (χ4n) is 1.20. The maximum atomic E-state index is 5.49. The van der Waals surface area contributed by atoms with E-state index in [0.717, 1.165) is 24.8 Å². The second kappa shape index (κ2) is 2.29. The molecule has 0 aliphatic carbocycles. The highest BCUT2D eigenvalue weighted by atomic mass is 15.2. The minimum absolute atomic E-state index is 0.722. The molecule has 0 aromatic heterocycles. The van der Waals surface area contributed by atoms with Crippen LogP contribution in [0.3, 0.4) is 0 Å². The van der Waals surface area contributed by atoms with Crippen LogP contribution in [-0.4, -0.2) is 18.0 Å². The van der Waals surface area contributed by atoms with Crippen molar-refractivity contribution in [3.63, 3.8) is 0 Å². The van der Waals surface area contributed by atoms with Gasteiger partial charge in [0.05, 0.1) is 5.82 Å². The van der Waals surface area contributed by atoms with Gasteiger partial charge in [0.1, 0.15) is 0 Å². The highest BCUT2D eigenvalue weighted by Gasteiger charge is 2.17. The van der Waals surface area contributed by atoms with Gasteiger partial charge in [0.25, 0.3) is 0 Å². The van der Waals surface area contributed by atoms with Crippen LogP contribution in [0.1, 0.15) is 13.3 Å². The third-order valence-corrected chi connectivity index (χ3v) is 1.83. The lowest BCUT2D eigenvalue weighted by Gasteiger charge is -2.15. The molecular weight excluding hydrogens is 112 g/mol. The van der Waals surface area contributed by atoms with E-state index in [-0.39, 0.29) is 0 Å². The largest absolute Gasteiger partial charge is 0.386 e. The Morgan fingerprint density at radius 1 is 1.78 bits per heavy atom. The highest BCUT2D eigenvalue weighted by molar-refractivity contribution is 4.90. The van der Waals surface area contributed by atoms with Crippen molar-refractivity contribution in [2.75, 3.05) is 13.1 Å². The van der Waals surface area contributed by atoms with E-state index in [1.54, 1.807) is 0 Å². The first-order valence-electron chi connectivity index (χ1n) is 3.39. The maximum Gasteiger partial charge on any atom is 0.0912 e. The summed E-state index contributed by atoms with van der Waals surface area (Å²) in [7, 11) is 0. The highest BCUT2D eigenvalue weighted by Crippen LogP contribution is 2.16. The van der Waals surface area contributed by atoms with Crippen LogP contribution in [0, 0.1) is 5.92 Å². The van der Waals surface area contributed by atoms with E-state index in [0.29, 0.717) is 0 Å². The summed E-state index contributed by atoms with van der Waals surface area (Å²) in [5.74, 6) is 1.52. The summed E-state index contributed by atoms with van der Waals surface area (Å²) in [5.41, 5.74) is 5.49. The third-order valence-electron chi connectivity index (χ3n) is 1.83. The van der Waals surface area contributed by atoms with Gasteiger partial charge in [0, 0.05) is 13.1 Å². The molecule has 2 heteroatoms. The molecule has 1 aliphatic heterocycles. The summed E-state index contributed by atoms with van der Waals surface area (Å²) in [4.78, 5) is 2.13. The second-order valence-corrected chi connectivity index (χ2v) is 2.83. The molecule has 1 saturated heterocycles. The topological polar surface area (TPSA) is 29.3 Å². The van der Waals surface area contributed by atoms with E-state index in [2.05, 4.69) is 18.4 Å². The molecule has 1 atom stereocenters. The number of hydrogen-bond acceptors (Lipinski definition) is 2. The van der Waals surface area contributed by atoms with Gasteiger partial charge in [-0.15, -0.1) is 0 Å². The smallest absolute Gasteiger partial charge is 0.0912 e. The molecular formula is C7H14N2. The van der Waals surface area contributed by atoms with Crippen molar-refractivity contribution in [3.8, 4) is 0 Å². The number of nitrogens with two attached hydrogens (primary N) is 1. The monoisotopic (exact) mass is 126 g/mol. The first-order valence-corrected chi connectivity index (χ1v) is 3.39. The molecule has 0 aromatic rings. The predicted molar refractivity (Wildman–Crippen MR) is 38.7 cm³/mol. The van der Waals surface area contributed by atoms with Gasteiger partial charge in [-0.25, -0.2) is 0 Å². The number of rotatable bonds is 1. The van der Waals surface area contributed by atoms with Gasteiger partial charge in [-0.05, 0) is 12.3 Å². The van der Waals surface area contributed by atoms with Crippen molar-refractivity contribution in [2.24, 2.45) is 11.7 Å². The first kappa shape index (κ1) is 6.46. The van der Waals surface area contributed by atoms with Crippen molar-refractivity contribution in [2.45, 2.75) is 13.3 Å². The first-order chi connectivity index (χ1) is 4.20. The average Bonchev–Trinajstić information content (AvgIpc) is 2.14. The number of hydrogen-bond donors (Lipinski definition) is 1. The van der Waals surface area contributed by atoms with Gasteiger partial charge < -0.3 is 10.6 Å². The van der Waals surface area contributed by atoms with Crippen LogP contribution >= 0.6 is 0 Å². The van der Waals surface area contributed by atoms with Crippen LogP contribution < -0.4 is 5.73 Å². The Morgan fingerprint density at radius 3 is 2.67 bits per heavy atom. The molecule has 52 valence electrons. The van der Waals surface area contributed by atoms with E-state index in [4.69, 9.17) is 5.73 Å². The quantitative estimate of drug-likeness (QED) is 0.562. The summed E-state index contributed by atoms with van der Waals surface area (Å²) < 4.78 is 0.